The molecule has 10 nitrogen and oxygen atoms in total. The van der Waals surface area contributed by atoms with E-state index >= 15 is 0 Å². The minimum absolute atomic E-state index is 0.184. The number of aliphatic hydroxyl groups excluding tert-OH is 1. The smallest absolute Gasteiger partial charge is 0.407 e. The zero-order valence-electron chi connectivity index (χ0n) is 24.9. The first-order valence-corrected chi connectivity index (χ1v) is 13.6. The van der Waals surface area contributed by atoms with E-state index in [1.54, 1.807) is 94.5 Å². The van der Waals surface area contributed by atoms with Gasteiger partial charge in [0.1, 0.15) is 5.60 Å². The molecule has 0 saturated carbocycles. The predicted octanol–water partition coefficient (Wildman–Crippen LogP) is 5.40. The van der Waals surface area contributed by atoms with Gasteiger partial charge in [0, 0.05) is 42.5 Å². The van der Waals surface area contributed by atoms with Crippen molar-refractivity contribution in [1.29, 1.82) is 0 Å². The van der Waals surface area contributed by atoms with Crippen LogP contribution in [0.1, 0.15) is 60.4 Å². The maximum atomic E-state index is 13.3. The van der Waals surface area contributed by atoms with Crippen LogP contribution < -0.4 is 25.0 Å². The molecule has 1 atom stereocenters. The highest BCUT2D eigenvalue weighted by Gasteiger charge is 2.21. The molecule has 3 rings (SSSR count). The van der Waals surface area contributed by atoms with Crippen molar-refractivity contribution in [3.05, 3.63) is 83.4 Å². The maximum absolute atomic E-state index is 13.3. The molecule has 0 bridgehead atoms. The SMILES string of the molecule is COc1cccc(C(=O)Nc2ccc(C(=O)N(C)c3ccccc3CO)cc2)c1OC(C)CCNC(=O)OC(C)(C)C. The van der Waals surface area contributed by atoms with Crippen LogP contribution in [0.5, 0.6) is 11.5 Å². The van der Waals surface area contributed by atoms with Gasteiger partial charge in [-0.25, -0.2) is 4.79 Å². The van der Waals surface area contributed by atoms with Crippen LogP contribution in [0.15, 0.2) is 66.7 Å². The molecule has 0 aliphatic heterocycles. The molecule has 224 valence electrons. The Hall–Kier alpha value is -4.57. The molecule has 0 aliphatic rings. The average Bonchev–Trinajstić information content (AvgIpc) is 2.95. The van der Waals surface area contributed by atoms with Gasteiger partial charge in [0.2, 0.25) is 0 Å². The molecule has 0 fully saturated rings. The van der Waals surface area contributed by atoms with Crippen molar-refractivity contribution < 1.29 is 33.7 Å². The summed E-state index contributed by atoms with van der Waals surface area (Å²) < 4.78 is 16.8. The van der Waals surface area contributed by atoms with E-state index in [-0.39, 0.29) is 29.9 Å². The topological polar surface area (TPSA) is 126 Å². The minimum Gasteiger partial charge on any atom is -0.493 e. The van der Waals surface area contributed by atoms with Crippen LogP contribution in [-0.4, -0.2) is 55.4 Å². The Morgan fingerprint density at radius 2 is 1.67 bits per heavy atom. The van der Waals surface area contributed by atoms with Gasteiger partial charge in [-0.3, -0.25) is 9.59 Å². The molecular weight excluding hydrogens is 538 g/mol. The second kappa shape index (κ2) is 14.4. The zero-order valence-corrected chi connectivity index (χ0v) is 24.9. The number of hydrogen-bond donors (Lipinski definition) is 3. The number of nitrogens with one attached hydrogen (secondary N) is 2. The Balaban J connectivity index is 1.67. The first kappa shape index (κ1) is 32.0. The number of ether oxygens (including phenoxy) is 3. The minimum atomic E-state index is -0.593. The number of amides is 3. The van der Waals surface area contributed by atoms with Crippen molar-refractivity contribution in [2.75, 3.05) is 30.9 Å². The number of rotatable bonds is 11. The Kier molecular flexibility index (Phi) is 10.9. The summed E-state index contributed by atoms with van der Waals surface area (Å²) in [5.74, 6) is -0.0107. The van der Waals surface area contributed by atoms with Crippen LogP contribution in [0, 0.1) is 0 Å². The number of carbonyl (C=O) groups is 3. The number of anilines is 2. The molecule has 0 radical (unpaired) electrons. The Bertz CT molecular complexity index is 1380. The quantitative estimate of drug-likeness (QED) is 0.279. The van der Waals surface area contributed by atoms with Gasteiger partial charge in [-0.1, -0.05) is 24.3 Å². The molecule has 1 unspecified atom stereocenters. The van der Waals surface area contributed by atoms with Gasteiger partial charge in [-0.2, -0.15) is 0 Å². The highest BCUT2D eigenvalue weighted by atomic mass is 16.6. The molecule has 0 heterocycles. The third-order valence-corrected chi connectivity index (χ3v) is 6.20. The fraction of sp³-hybridized carbons (Fsp3) is 0.344. The van der Waals surface area contributed by atoms with Gasteiger partial charge in [0.05, 0.1) is 25.4 Å². The third kappa shape index (κ3) is 8.71. The number of benzene rings is 3. The van der Waals surface area contributed by atoms with E-state index in [9.17, 15) is 19.5 Å². The first-order chi connectivity index (χ1) is 19.9. The molecular formula is C32H39N3O7. The summed E-state index contributed by atoms with van der Waals surface area (Å²) in [6.45, 7) is 7.34. The molecule has 42 heavy (non-hydrogen) atoms. The summed E-state index contributed by atoms with van der Waals surface area (Å²) in [6.07, 6.45) is -0.409. The summed E-state index contributed by atoms with van der Waals surface area (Å²) in [5, 5.41) is 15.2. The van der Waals surface area contributed by atoms with Gasteiger partial charge >= 0.3 is 6.09 Å². The highest BCUT2D eigenvalue weighted by molar-refractivity contribution is 6.08. The number of nitrogens with zero attached hydrogens (tertiary/aromatic N) is 1. The third-order valence-electron chi connectivity index (χ3n) is 6.20. The lowest BCUT2D eigenvalue weighted by molar-refractivity contribution is 0.0521. The molecule has 3 aromatic rings. The second-order valence-corrected chi connectivity index (χ2v) is 10.7. The van der Waals surface area contributed by atoms with E-state index < -0.39 is 17.6 Å². The van der Waals surface area contributed by atoms with Crippen molar-refractivity contribution >= 4 is 29.3 Å². The lowest BCUT2D eigenvalue weighted by Crippen LogP contribution is -2.34. The molecule has 0 aliphatic carbocycles. The van der Waals surface area contributed by atoms with Gasteiger partial charge in [0.25, 0.3) is 11.8 Å². The lowest BCUT2D eigenvalue weighted by Gasteiger charge is -2.21. The van der Waals surface area contributed by atoms with E-state index in [4.69, 9.17) is 14.2 Å². The summed E-state index contributed by atoms with van der Waals surface area (Å²) in [5.41, 5.74) is 1.83. The summed E-state index contributed by atoms with van der Waals surface area (Å²) in [6, 6.07) is 18.7. The monoisotopic (exact) mass is 577 g/mol. The molecule has 3 amide bonds. The number of hydrogen-bond acceptors (Lipinski definition) is 7. The van der Waals surface area contributed by atoms with E-state index in [0.717, 1.165) is 0 Å². The van der Waals surface area contributed by atoms with E-state index in [0.29, 0.717) is 41.2 Å². The highest BCUT2D eigenvalue weighted by Crippen LogP contribution is 2.33. The van der Waals surface area contributed by atoms with Crippen molar-refractivity contribution in [3.63, 3.8) is 0 Å². The summed E-state index contributed by atoms with van der Waals surface area (Å²) >= 11 is 0. The number of aliphatic hydroxyl groups is 1. The van der Waals surface area contributed by atoms with Gasteiger partial charge in [0.15, 0.2) is 11.5 Å². The zero-order chi connectivity index (χ0) is 30.9. The Morgan fingerprint density at radius 1 is 0.976 bits per heavy atom. The van der Waals surface area contributed by atoms with Crippen LogP contribution >= 0.6 is 0 Å². The van der Waals surface area contributed by atoms with Crippen LogP contribution in [-0.2, 0) is 11.3 Å². The van der Waals surface area contributed by atoms with Crippen molar-refractivity contribution in [3.8, 4) is 11.5 Å². The van der Waals surface area contributed by atoms with Crippen molar-refractivity contribution in [2.45, 2.75) is 52.4 Å². The molecule has 3 aromatic carbocycles. The number of alkyl carbamates (subject to hydrolysis) is 1. The average molecular weight is 578 g/mol. The number of methoxy groups -OCH3 is 1. The first-order valence-electron chi connectivity index (χ1n) is 13.6. The fourth-order valence-corrected chi connectivity index (χ4v) is 4.10. The standard InChI is InChI=1S/C32H39N3O7/c1-21(18-19-33-31(39)42-32(2,3)4)41-28-25(11-9-13-27(28)40-6)29(37)34-24-16-14-22(15-17-24)30(38)35(5)26-12-8-7-10-23(26)20-36/h7-17,21,36H,18-20H2,1-6H3,(H,33,39)(H,34,37). The number of carbonyl (C=O) groups excluding carboxylic acids is 3. The molecule has 10 heteroatoms. The van der Waals surface area contributed by atoms with E-state index in [1.165, 1.54) is 12.0 Å². The van der Waals surface area contributed by atoms with Crippen molar-refractivity contribution in [1.82, 2.24) is 5.32 Å². The Labute approximate surface area is 246 Å². The lowest BCUT2D eigenvalue weighted by atomic mass is 10.1. The normalized spacial score (nSPS) is 11.7. The fourth-order valence-electron chi connectivity index (χ4n) is 4.10. The van der Waals surface area contributed by atoms with Crippen LogP contribution in [0.25, 0.3) is 0 Å². The summed E-state index contributed by atoms with van der Waals surface area (Å²) in [4.78, 5) is 39.7. The largest absolute Gasteiger partial charge is 0.493 e. The van der Waals surface area contributed by atoms with Crippen LogP contribution in [0.3, 0.4) is 0 Å². The Morgan fingerprint density at radius 3 is 2.31 bits per heavy atom. The second-order valence-electron chi connectivity index (χ2n) is 10.7. The number of para-hydroxylation sites is 2. The van der Waals surface area contributed by atoms with Crippen LogP contribution in [0.4, 0.5) is 16.2 Å². The van der Waals surface area contributed by atoms with Gasteiger partial charge in [-0.05, 0) is 70.2 Å². The predicted molar refractivity (Wildman–Crippen MR) is 161 cm³/mol. The molecule has 0 saturated heterocycles. The van der Waals surface area contributed by atoms with E-state index in [2.05, 4.69) is 10.6 Å². The van der Waals surface area contributed by atoms with E-state index in [1.807, 2.05) is 6.92 Å². The maximum Gasteiger partial charge on any atom is 0.407 e. The summed E-state index contributed by atoms with van der Waals surface area (Å²) in [7, 11) is 3.13. The van der Waals surface area contributed by atoms with Crippen molar-refractivity contribution in [2.24, 2.45) is 0 Å². The molecule has 0 spiro atoms. The van der Waals surface area contributed by atoms with Gasteiger partial charge in [-0.15, -0.1) is 0 Å². The van der Waals surface area contributed by atoms with Crippen LogP contribution in [0.2, 0.25) is 0 Å². The van der Waals surface area contributed by atoms with Gasteiger partial charge < -0.3 is 34.9 Å². The molecule has 3 N–H and O–H groups in total. The molecule has 0 aromatic heterocycles.